The summed E-state index contributed by atoms with van der Waals surface area (Å²) in [5, 5.41) is 0. The van der Waals surface area contributed by atoms with Crippen LogP contribution < -0.4 is 0 Å². The molecule has 0 amide bonds. The molecule has 1 heterocycles. The molecule has 0 saturated carbocycles. The molecule has 0 aromatic heterocycles. The minimum atomic E-state index is -1.01. The molecular weight excluding hydrogens is 336 g/mol. The molecule has 0 spiro atoms. The second-order valence-corrected chi connectivity index (χ2v) is 5.95. The molecular formula is C20H18O6. The van der Waals surface area contributed by atoms with E-state index in [1.165, 1.54) is 0 Å². The largest absolute Gasteiger partial charge is 0.456 e. The highest BCUT2D eigenvalue weighted by Crippen LogP contribution is 2.24. The summed E-state index contributed by atoms with van der Waals surface area (Å²) in [5.74, 6) is -1.73. The van der Waals surface area contributed by atoms with Gasteiger partial charge >= 0.3 is 17.9 Å². The van der Waals surface area contributed by atoms with Gasteiger partial charge in [0.15, 0.2) is 0 Å². The summed E-state index contributed by atoms with van der Waals surface area (Å²) in [6.07, 6.45) is -2.19. The van der Waals surface area contributed by atoms with E-state index >= 15 is 0 Å². The molecule has 134 valence electrons. The zero-order valence-corrected chi connectivity index (χ0v) is 14.2. The van der Waals surface area contributed by atoms with Crippen LogP contribution in [0.4, 0.5) is 0 Å². The van der Waals surface area contributed by atoms with Crippen molar-refractivity contribution < 1.29 is 28.6 Å². The van der Waals surface area contributed by atoms with Gasteiger partial charge in [-0.25, -0.2) is 14.4 Å². The first-order valence-corrected chi connectivity index (χ1v) is 8.27. The van der Waals surface area contributed by atoms with E-state index in [9.17, 15) is 14.4 Å². The van der Waals surface area contributed by atoms with Crippen molar-refractivity contribution in [3.05, 3.63) is 71.8 Å². The summed E-state index contributed by atoms with van der Waals surface area (Å²) in [7, 11) is 0. The zero-order chi connectivity index (χ0) is 18.5. The van der Waals surface area contributed by atoms with Gasteiger partial charge in [0, 0.05) is 6.42 Å². The van der Waals surface area contributed by atoms with Crippen molar-refractivity contribution in [2.24, 2.45) is 0 Å². The summed E-state index contributed by atoms with van der Waals surface area (Å²) < 4.78 is 15.8. The fourth-order valence-corrected chi connectivity index (χ4v) is 2.62. The lowest BCUT2D eigenvalue weighted by Crippen LogP contribution is -2.29. The maximum atomic E-state index is 12.1. The van der Waals surface area contributed by atoms with E-state index in [2.05, 4.69) is 0 Å². The number of carbonyl (C=O) groups is 3. The van der Waals surface area contributed by atoms with E-state index in [1.807, 2.05) is 0 Å². The first kappa shape index (κ1) is 17.7. The van der Waals surface area contributed by atoms with Crippen molar-refractivity contribution in [1.82, 2.24) is 0 Å². The molecule has 6 heteroatoms. The highest BCUT2D eigenvalue weighted by atomic mass is 16.6. The van der Waals surface area contributed by atoms with Crippen LogP contribution in [-0.2, 0) is 19.0 Å². The van der Waals surface area contributed by atoms with Gasteiger partial charge in [-0.3, -0.25) is 0 Å². The quantitative estimate of drug-likeness (QED) is 0.607. The first-order chi connectivity index (χ1) is 12.5. The third-order valence-electron chi connectivity index (χ3n) is 4.06. The van der Waals surface area contributed by atoms with Gasteiger partial charge in [-0.2, -0.15) is 0 Å². The van der Waals surface area contributed by atoms with Crippen molar-refractivity contribution in [3.8, 4) is 0 Å². The van der Waals surface area contributed by atoms with E-state index < -0.39 is 36.2 Å². The SMILES string of the molecule is C[C@H](OC(=O)c1ccccc1)[C@H]1C[C@@H](OC(=O)c2ccccc2)C(=O)O1. The zero-order valence-electron chi connectivity index (χ0n) is 14.2. The summed E-state index contributed by atoms with van der Waals surface area (Å²) in [4.78, 5) is 36.1. The first-order valence-electron chi connectivity index (χ1n) is 8.27. The Balaban J connectivity index is 1.57. The molecule has 26 heavy (non-hydrogen) atoms. The van der Waals surface area contributed by atoms with Crippen LogP contribution >= 0.6 is 0 Å². The Labute approximate surface area is 150 Å². The fraction of sp³-hybridized carbons (Fsp3) is 0.250. The maximum absolute atomic E-state index is 12.1. The van der Waals surface area contributed by atoms with Crippen LogP contribution in [0.5, 0.6) is 0 Å². The second-order valence-electron chi connectivity index (χ2n) is 5.95. The summed E-state index contributed by atoms with van der Waals surface area (Å²) >= 11 is 0. The van der Waals surface area contributed by atoms with Crippen LogP contribution in [0.2, 0.25) is 0 Å². The number of benzene rings is 2. The van der Waals surface area contributed by atoms with E-state index in [4.69, 9.17) is 14.2 Å². The van der Waals surface area contributed by atoms with Crippen molar-refractivity contribution in [3.63, 3.8) is 0 Å². The van der Waals surface area contributed by atoms with Gasteiger partial charge in [-0.1, -0.05) is 36.4 Å². The smallest absolute Gasteiger partial charge is 0.348 e. The van der Waals surface area contributed by atoms with Gasteiger partial charge in [-0.15, -0.1) is 0 Å². The normalized spacial score (nSPS) is 20.1. The number of hydrogen-bond acceptors (Lipinski definition) is 6. The molecule has 3 rings (SSSR count). The maximum Gasteiger partial charge on any atom is 0.348 e. The molecule has 3 atom stereocenters. The molecule has 2 aromatic carbocycles. The van der Waals surface area contributed by atoms with Gasteiger partial charge in [0.1, 0.15) is 12.2 Å². The standard InChI is InChI=1S/C20H18O6/c1-13(24-18(21)14-8-4-2-5-9-14)16-12-17(20(23)25-16)26-19(22)15-10-6-3-7-11-15/h2-11,13,16-17H,12H2,1H3/t13-,16+,17+/m0/s1. The highest BCUT2D eigenvalue weighted by molar-refractivity contribution is 5.92. The van der Waals surface area contributed by atoms with Gasteiger partial charge in [0.05, 0.1) is 11.1 Å². The fourth-order valence-electron chi connectivity index (χ4n) is 2.62. The number of esters is 3. The predicted octanol–water partition coefficient (Wildman–Crippen LogP) is 2.77. The molecule has 0 N–H and O–H groups in total. The Morgan fingerprint density at radius 2 is 1.50 bits per heavy atom. The van der Waals surface area contributed by atoms with Gasteiger partial charge in [-0.05, 0) is 31.2 Å². The number of rotatable bonds is 5. The van der Waals surface area contributed by atoms with E-state index in [0.29, 0.717) is 11.1 Å². The summed E-state index contributed by atoms with van der Waals surface area (Å²) in [6.45, 7) is 1.64. The molecule has 6 nitrogen and oxygen atoms in total. The van der Waals surface area contributed by atoms with Crippen molar-refractivity contribution in [1.29, 1.82) is 0 Å². The molecule has 1 saturated heterocycles. The lowest BCUT2D eigenvalue weighted by atomic mass is 10.1. The van der Waals surface area contributed by atoms with Crippen molar-refractivity contribution in [2.75, 3.05) is 0 Å². The Morgan fingerprint density at radius 1 is 0.962 bits per heavy atom. The highest BCUT2D eigenvalue weighted by Gasteiger charge is 2.41. The van der Waals surface area contributed by atoms with E-state index in [0.717, 1.165) is 0 Å². The molecule has 1 aliphatic heterocycles. The molecule has 1 fully saturated rings. The monoisotopic (exact) mass is 354 g/mol. The van der Waals surface area contributed by atoms with Gasteiger partial charge in [0.25, 0.3) is 0 Å². The Hall–Kier alpha value is -3.15. The van der Waals surface area contributed by atoms with Gasteiger partial charge in [0.2, 0.25) is 6.10 Å². The molecule has 0 unspecified atom stereocenters. The average Bonchev–Trinajstić information content (AvgIpc) is 3.03. The molecule has 0 aliphatic carbocycles. The van der Waals surface area contributed by atoms with Crippen molar-refractivity contribution in [2.45, 2.75) is 31.7 Å². The van der Waals surface area contributed by atoms with Crippen LogP contribution in [0.1, 0.15) is 34.1 Å². The molecule has 2 aromatic rings. The number of hydrogen-bond donors (Lipinski definition) is 0. The summed E-state index contributed by atoms with van der Waals surface area (Å²) in [6, 6.07) is 16.9. The molecule has 1 aliphatic rings. The lowest BCUT2D eigenvalue weighted by molar-refractivity contribution is -0.150. The molecule has 0 bridgehead atoms. The number of ether oxygens (including phenoxy) is 3. The average molecular weight is 354 g/mol. The third-order valence-corrected chi connectivity index (χ3v) is 4.06. The van der Waals surface area contributed by atoms with E-state index in [-0.39, 0.29) is 6.42 Å². The van der Waals surface area contributed by atoms with Crippen LogP contribution in [0.15, 0.2) is 60.7 Å². The van der Waals surface area contributed by atoms with Gasteiger partial charge < -0.3 is 14.2 Å². The second kappa shape index (κ2) is 7.82. The van der Waals surface area contributed by atoms with E-state index in [1.54, 1.807) is 67.6 Å². The van der Waals surface area contributed by atoms with Crippen molar-refractivity contribution >= 4 is 17.9 Å². The Bertz CT molecular complexity index is 786. The minimum absolute atomic E-state index is 0.140. The van der Waals surface area contributed by atoms with Crippen LogP contribution in [-0.4, -0.2) is 36.2 Å². The van der Waals surface area contributed by atoms with Crippen LogP contribution in [0.25, 0.3) is 0 Å². The summed E-state index contributed by atoms with van der Waals surface area (Å²) in [5.41, 5.74) is 0.767. The Kier molecular flexibility index (Phi) is 5.31. The topological polar surface area (TPSA) is 78.9 Å². The Morgan fingerprint density at radius 3 is 2.08 bits per heavy atom. The minimum Gasteiger partial charge on any atom is -0.456 e. The number of cyclic esters (lactones) is 1. The lowest BCUT2D eigenvalue weighted by Gasteiger charge is -2.18. The number of carbonyl (C=O) groups excluding carboxylic acids is 3. The third kappa shape index (κ3) is 4.08. The molecule has 0 radical (unpaired) electrons. The predicted molar refractivity (Wildman–Crippen MR) is 91.5 cm³/mol. The van der Waals surface area contributed by atoms with Crippen LogP contribution in [0.3, 0.4) is 0 Å². The van der Waals surface area contributed by atoms with Crippen LogP contribution in [0, 0.1) is 0 Å².